The zero-order valence-corrected chi connectivity index (χ0v) is 21.7. The molecule has 2 heterocycles. The van der Waals surface area contributed by atoms with E-state index in [1.54, 1.807) is 17.9 Å². The summed E-state index contributed by atoms with van der Waals surface area (Å²) in [6, 6.07) is 13.3. The van der Waals surface area contributed by atoms with Gasteiger partial charge in [0.05, 0.1) is 10.8 Å². The van der Waals surface area contributed by atoms with Crippen molar-refractivity contribution in [2.45, 2.75) is 43.9 Å². The molecule has 1 atom stereocenters. The summed E-state index contributed by atoms with van der Waals surface area (Å²) in [5, 5.41) is 2.97. The average Bonchev–Trinajstić information content (AvgIpc) is 3.26. The van der Waals surface area contributed by atoms with Crippen LogP contribution in [-0.2, 0) is 32.5 Å². The molecule has 2 aromatic carbocycles. The largest absolute Gasteiger partial charge is 0.355 e. The van der Waals surface area contributed by atoms with Gasteiger partial charge in [0.2, 0.25) is 21.8 Å². The Balaban J connectivity index is 1.46. The second kappa shape index (κ2) is 10.6. The normalized spacial score (nSPS) is 18.5. The number of benzene rings is 2. The minimum atomic E-state index is -3.83. The fourth-order valence-electron chi connectivity index (χ4n) is 4.67. The van der Waals surface area contributed by atoms with Crippen molar-refractivity contribution in [3.8, 4) is 0 Å². The number of fused-ring (bicyclic) bond motifs is 1. The number of anilines is 1. The van der Waals surface area contributed by atoms with E-state index in [-0.39, 0.29) is 29.2 Å². The van der Waals surface area contributed by atoms with E-state index < -0.39 is 10.0 Å². The maximum absolute atomic E-state index is 13.6. The lowest BCUT2D eigenvalue weighted by Gasteiger charge is -2.31. The van der Waals surface area contributed by atoms with Gasteiger partial charge in [0.25, 0.3) is 0 Å². The van der Waals surface area contributed by atoms with Crippen molar-refractivity contribution < 1.29 is 18.0 Å². The number of carbonyl (C=O) groups is 2. The number of nitrogens with zero attached hydrogens (tertiary/aromatic N) is 2. The third-order valence-electron chi connectivity index (χ3n) is 6.56. The summed E-state index contributed by atoms with van der Waals surface area (Å²) in [5.74, 6) is -0.510. The van der Waals surface area contributed by atoms with Gasteiger partial charge in [-0.1, -0.05) is 37.3 Å². The van der Waals surface area contributed by atoms with Crippen molar-refractivity contribution in [2.24, 2.45) is 5.92 Å². The Bertz CT molecular complexity index is 1170. The highest BCUT2D eigenvalue weighted by molar-refractivity contribution is 9.10. The lowest BCUT2D eigenvalue weighted by Crippen LogP contribution is -2.45. The maximum atomic E-state index is 13.6. The Morgan fingerprint density at radius 2 is 1.91 bits per heavy atom. The average molecular weight is 549 g/mol. The molecule has 9 heteroatoms. The first kappa shape index (κ1) is 24.9. The fraction of sp³-hybridized carbons (Fsp3) is 0.440. The van der Waals surface area contributed by atoms with Gasteiger partial charge in [-0.05, 0) is 64.9 Å². The van der Waals surface area contributed by atoms with Crippen LogP contribution in [-0.4, -0.2) is 50.7 Å². The zero-order valence-electron chi connectivity index (χ0n) is 19.3. The van der Waals surface area contributed by atoms with Crippen molar-refractivity contribution in [3.05, 3.63) is 58.1 Å². The molecular formula is C25H30BrN3O4S. The molecule has 1 fully saturated rings. The van der Waals surface area contributed by atoms with E-state index in [4.69, 9.17) is 0 Å². The number of sulfonamides is 1. The topological polar surface area (TPSA) is 86.8 Å². The number of hydrogen-bond acceptors (Lipinski definition) is 4. The van der Waals surface area contributed by atoms with Gasteiger partial charge in [0.15, 0.2) is 0 Å². The van der Waals surface area contributed by atoms with Crippen molar-refractivity contribution in [2.75, 3.05) is 31.1 Å². The summed E-state index contributed by atoms with van der Waals surface area (Å²) >= 11 is 3.44. The zero-order chi connectivity index (χ0) is 24.3. The number of hydrogen-bond donors (Lipinski definition) is 1. The number of amides is 2. The minimum absolute atomic E-state index is 0.0189. The first-order chi connectivity index (χ1) is 16.3. The van der Waals surface area contributed by atoms with E-state index in [0.717, 1.165) is 17.5 Å². The Hall–Kier alpha value is -2.23. The standard InChI is InChI=1S/C25H30BrN3O4S/c1-2-24(30)29-14-11-19-15-21(26)23(16-22(19)29)34(32,33)28-13-6-9-20(17-28)25(31)27-12-10-18-7-4-3-5-8-18/h3-5,7-8,15-16,20H,2,6,9-14,17H2,1H3,(H,27,31)/t20-/m1/s1. The molecule has 0 radical (unpaired) electrons. The first-order valence-electron chi connectivity index (χ1n) is 11.8. The van der Waals surface area contributed by atoms with Gasteiger partial charge in [-0.3, -0.25) is 9.59 Å². The van der Waals surface area contributed by atoms with Crippen molar-refractivity contribution in [1.29, 1.82) is 0 Å². The van der Waals surface area contributed by atoms with E-state index in [9.17, 15) is 18.0 Å². The molecule has 2 aliphatic heterocycles. The smallest absolute Gasteiger partial charge is 0.244 e. The SMILES string of the molecule is CCC(=O)N1CCc2cc(Br)c(S(=O)(=O)N3CCC[C@@H](C(=O)NCCc4ccccc4)C3)cc21. The second-order valence-electron chi connectivity index (χ2n) is 8.79. The second-order valence-corrected chi connectivity index (χ2v) is 11.5. The molecule has 0 aromatic heterocycles. The van der Waals surface area contributed by atoms with Crippen molar-refractivity contribution in [3.63, 3.8) is 0 Å². The van der Waals surface area contributed by atoms with E-state index >= 15 is 0 Å². The van der Waals surface area contributed by atoms with E-state index in [0.29, 0.717) is 55.5 Å². The molecule has 2 aliphatic rings. The molecule has 182 valence electrons. The van der Waals surface area contributed by atoms with Crippen LogP contribution in [0.2, 0.25) is 0 Å². The molecule has 2 amide bonds. The van der Waals surface area contributed by atoms with Crippen LogP contribution in [0.3, 0.4) is 0 Å². The van der Waals surface area contributed by atoms with Crippen LogP contribution in [0.1, 0.15) is 37.3 Å². The fourth-order valence-corrected chi connectivity index (χ4v) is 7.26. The molecule has 0 unspecified atom stereocenters. The molecule has 0 aliphatic carbocycles. The Morgan fingerprint density at radius 3 is 2.65 bits per heavy atom. The highest BCUT2D eigenvalue weighted by Gasteiger charge is 2.36. The molecule has 1 N–H and O–H groups in total. The predicted molar refractivity (Wildman–Crippen MR) is 135 cm³/mol. The van der Waals surface area contributed by atoms with Crippen LogP contribution >= 0.6 is 15.9 Å². The van der Waals surface area contributed by atoms with Gasteiger partial charge < -0.3 is 10.2 Å². The monoisotopic (exact) mass is 547 g/mol. The van der Waals surface area contributed by atoms with Crippen LogP contribution < -0.4 is 10.2 Å². The van der Waals surface area contributed by atoms with Gasteiger partial charge in [-0.15, -0.1) is 0 Å². The number of rotatable bonds is 7. The molecular weight excluding hydrogens is 518 g/mol. The molecule has 4 rings (SSSR count). The summed E-state index contributed by atoms with van der Waals surface area (Å²) in [7, 11) is -3.83. The summed E-state index contributed by atoms with van der Waals surface area (Å²) in [6.45, 7) is 3.41. The third kappa shape index (κ3) is 5.21. The number of halogens is 1. The summed E-state index contributed by atoms with van der Waals surface area (Å²) in [6.07, 6.45) is 3.09. The number of piperidine rings is 1. The summed E-state index contributed by atoms with van der Waals surface area (Å²) < 4.78 is 29.1. The number of nitrogens with one attached hydrogen (secondary N) is 1. The Labute approximate surface area is 209 Å². The molecule has 34 heavy (non-hydrogen) atoms. The molecule has 0 spiro atoms. The lowest BCUT2D eigenvalue weighted by molar-refractivity contribution is -0.126. The first-order valence-corrected chi connectivity index (χ1v) is 14.0. The summed E-state index contributed by atoms with van der Waals surface area (Å²) in [5.41, 5.74) is 2.77. The molecule has 0 saturated carbocycles. The van der Waals surface area contributed by atoms with Crippen molar-refractivity contribution in [1.82, 2.24) is 9.62 Å². The van der Waals surface area contributed by atoms with Crippen LogP contribution in [0.4, 0.5) is 5.69 Å². The van der Waals surface area contributed by atoms with Crippen LogP contribution in [0.15, 0.2) is 51.8 Å². The lowest BCUT2D eigenvalue weighted by atomic mass is 9.99. The molecule has 0 bridgehead atoms. The quantitative estimate of drug-likeness (QED) is 0.574. The molecule has 2 aromatic rings. The van der Waals surface area contributed by atoms with Crippen LogP contribution in [0.5, 0.6) is 0 Å². The third-order valence-corrected chi connectivity index (χ3v) is 9.38. The highest BCUT2D eigenvalue weighted by Crippen LogP contribution is 2.37. The molecule has 7 nitrogen and oxygen atoms in total. The van der Waals surface area contributed by atoms with Gasteiger partial charge >= 0.3 is 0 Å². The van der Waals surface area contributed by atoms with Crippen LogP contribution in [0.25, 0.3) is 0 Å². The Morgan fingerprint density at radius 1 is 1.15 bits per heavy atom. The Kier molecular flexibility index (Phi) is 7.74. The van der Waals surface area contributed by atoms with Crippen LogP contribution in [0, 0.1) is 5.92 Å². The van der Waals surface area contributed by atoms with E-state index in [1.165, 1.54) is 4.31 Å². The minimum Gasteiger partial charge on any atom is -0.355 e. The molecule has 1 saturated heterocycles. The summed E-state index contributed by atoms with van der Waals surface area (Å²) in [4.78, 5) is 26.9. The van der Waals surface area contributed by atoms with Gasteiger partial charge in [-0.25, -0.2) is 8.42 Å². The van der Waals surface area contributed by atoms with Gasteiger partial charge in [0.1, 0.15) is 0 Å². The predicted octanol–water partition coefficient (Wildman–Crippen LogP) is 3.51. The van der Waals surface area contributed by atoms with E-state index in [1.807, 2.05) is 36.4 Å². The number of carbonyl (C=O) groups excluding carboxylic acids is 2. The van der Waals surface area contributed by atoms with E-state index in [2.05, 4.69) is 21.2 Å². The van der Waals surface area contributed by atoms with Gasteiger partial charge in [0, 0.05) is 42.8 Å². The van der Waals surface area contributed by atoms with Crippen molar-refractivity contribution >= 4 is 43.5 Å². The maximum Gasteiger partial charge on any atom is 0.244 e. The van der Waals surface area contributed by atoms with Gasteiger partial charge in [-0.2, -0.15) is 4.31 Å². The highest BCUT2D eigenvalue weighted by atomic mass is 79.9.